The molecular formula is C16H21FN6O. The van der Waals surface area contributed by atoms with Crippen LogP contribution in [0, 0.1) is 19.7 Å². The van der Waals surface area contributed by atoms with Crippen molar-refractivity contribution >= 4 is 11.8 Å². The molecule has 1 unspecified atom stereocenters. The van der Waals surface area contributed by atoms with Crippen molar-refractivity contribution in [1.29, 1.82) is 0 Å². The quantitative estimate of drug-likeness (QED) is 0.915. The molecule has 24 heavy (non-hydrogen) atoms. The molecule has 1 aliphatic rings. The Bertz CT molecular complexity index is 819. The van der Waals surface area contributed by atoms with Crippen LogP contribution >= 0.6 is 0 Å². The molecule has 3 heterocycles. The Hall–Kier alpha value is -2.51. The zero-order chi connectivity index (χ0) is 17.4. The Morgan fingerprint density at radius 1 is 1.29 bits per heavy atom. The number of aromatic amines is 1. The predicted molar refractivity (Wildman–Crippen MR) is 90.2 cm³/mol. The Labute approximate surface area is 139 Å². The number of rotatable bonds is 3. The van der Waals surface area contributed by atoms with Crippen molar-refractivity contribution < 1.29 is 4.39 Å². The van der Waals surface area contributed by atoms with E-state index in [1.165, 1.54) is 6.07 Å². The molecule has 7 nitrogen and oxygen atoms in total. The van der Waals surface area contributed by atoms with Crippen LogP contribution in [0.15, 0.2) is 10.9 Å². The first-order valence-electron chi connectivity index (χ1n) is 7.89. The van der Waals surface area contributed by atoms with E-state index in [4.69, 9.17) is 0 Å². The number of nitrogens with zero attached hydrogens (tertiary/aromatic N) is 5. The fourth-order valence-corrected chi connectivity index (χ4v) is 2.97. The lowest BCUT2D eigenvalue weighted by Crippen LogP contribution is -2.24. The average molecular weight is 332 g/mol. The molecule has 0 bridgehead atoms. The fraction of sp³-hybridized carbons (Fsp3) is 0.500. The van der Waals surface area contributed by atoms with Crippen LogP contribution in [0.4, 0.5) is 16.2 Å². The molecule has 0 spiro atoms. The minimum Gasteiger partial charge on any atom is -0.353 e. The van der Waals surface area contributed by atoms with Gasteiger partial charge in [0.15, 0.2) is 11.6 Å². The van der Waals surface area contributed by atoms with Crippen molar-refractivity contribution in [2.45, 2.75) is 26.2 Å². The minimum atomic E-state index is -0.380. The van der Waals surface area contributed by atoms with Crippen LogP contribution in [0.3, 0.4) is 0 Å². The maximum absolute atomic E-state index is 14.4. The van der Waals surface area contributed by atoms with Gasteiger partial charge in [0.2, 0.25) is 5.95 Å². The third-order valence-corrected chi connectivity index (χ3v) is 4.19. The van der Waals surface area contributed by atoms with Gasteiger partial charge in [0.1, 0.15) is 5.82 Å². The highest BCUT2D eigenvalue weighted by Gasteiger charge is 2.29. The first-order valence-corrected chi connectivity index (χ1v) is 7.89. The van der Waals surface area contributed by atoms with Crippen molar-refractivity contribution in [3.8, 4) is 0 Å². The van der Waals surface area contributed by atoms with Crippen LogP contribution in [0.25, 0.3) is 0 Å². The molecule has 2 aromatic heterocycles. The lowest BCUT2D eigenvalue weighted by atomic mass is 10.1. The van der Waals surface area contributed by atoms with Gasteiger partial charge in [-0.3, -0.25) is 9.78 Å². The summed E-state index contributed by atoms with van der Waals surface area (Å²) >= 11 is 0. The summed E-state index contributed by atoms with van der Waals surface area (Å²) in [6.07, 6.45) is 0.796. The van der Waals surface area contributed by atoms with Crippen LogP contribution in [0.2, 0.25) is 0 Å². The van der Waals surface area contributed by atoms with Crippen LogP contribution in [-0.4, -0.2) is 47.1 Å². The number of nitrogens with one attached hydrogen (secondary N) is 1. The van der Waals surface area contributed by atoms with Crippen molar-refractivity contribution in [3.63, 3.8) is 0 Å². The van der Waals surface area contributed by atoms with Gasteiger partial charge >= 0.3 is 0 Å². The lowest BCUT2D eigenvalue weighted by molar-refractivity contribution is 0.592. The molecule has 3 rings (SSSR count). The van der Waals surface area contributed by atoms with Gasteiger partial charge in [0, 0.05) is 39.2 Å². The largest absolute Gasteiger partial charge is 0.353 e. The molecule has 1 N–H and O–H groups in total. The Kier molecular flexibility index (Phi) is 4.21. The van der Waals surface area contributed by atoms with Gasteiger partial charge < -0.3 is 9.80 Å². The maximum atomic E-state index is 14.4. The summed E-state index contributed by atoms with van der Waals surface area (Å²) in [5, 5.41) is 0. The van der Waals surface area contributed by atoms with Gasteiger partial charge in [0.05, 0.1) is 11.4 Å². The number of aromatic nitrogens is 4. The standard InChI is InChI=1S/C16H21FN6O/c1-9-14(17)15(19-10(2)18-9)23-6-5-11(8-23)12-7-13(24)21-16(20-12)22(3)4/h7,11H,5-6,8H2,1-4H3,(H,20,21,24). The first-order chi connectivity index (χ1) is 11.3. The Morgan fingerprint density at radius 2 is 2.04 bits per heavy atom. The maximum Gasteiger partial charge on any atom is 0.252 e. The van der Waals surface area contributed by atoms with Crippen LogP contribution in [0.1, 0.15) is 29.6 Å². The molecule has 0 radical (unpaired) electrons. The minimum absolute atomic E-state index is 0.0703. The summed E-state index contributed by atoms with van der Waals surface area (Å²) < 4.78 is 14.4. The van der Waals surface area contributed by atoms with Crippen molar-refractivity contribution in [1.82, 2.24) is 19.9 Å². The number of hydrogen-bond acceptors (Lipinski definition) is 6. The fourth-order valence-electron chi connectivity index (χ4n) is 2.97. The third-order valence-electron chi connectivity index (χ3n) is 4.19. The summed E-state index contributed by atoms with van der Waals surface area (Å²) in [7, 11) is 3.65. The summed E-state index contributed by atoms with van der Waals surface area (Å²) in [5.41, 5.74) is 0.903. The zero-order valence-corrected chi connectivity index (χ0v) is 14.3. The molecule has 0 saturated carbocycles. The van der Waals surface area contributed by atoms with E-state index in [0.717, 1.165) is 12.1 Å². The van der Waals surface area contributed by atoms with Crippen LogP contribution < -0.4 is 15.4 Å². The van der Waals surface area contributed by atoms with Crippen molar-refractivity contribution in [2.75, 3.05) is 37.0 Å². The van der Waals surface area contributed by atoms with Gasteiger partial charge in [-0.1, -0.05) is 0 Å². The van der Waals surface area contributed by atoms with Crippen molar-refractivity contribution in [3.05, 3.63) is 39.4 Å². The molecule has 1 fully saturated rings. The monoisotopic (exact) mass is 332 g/mol. The number of halogens is 1. The van der Waals surface area contributed by atoms with Crippen molar-refractivity contribution in [2.24, 2.45) is 0 Å². The second kappa shape index (κ2) is 6.18. The molecule has 1 aliphatic heterocycles. The Balaban J connectivity index is 1.88. The summed E-state index contributed by atoms with van der Waals surface area (Å²) in [6.45, 7) is 4.65. The molecular weight excluding hydrogens is 311 g/mol. The van der Waals surface area contributed by atoms with Gasteiger partial charge in [-0.05, 0) is 20.3 Å². The highest BCUT2D eigenvalue weighted by Crippen LogP contribution is 2.30. The highest BCUT2D eigenvalue weighted by atomic mass is 19.1. The second-order valence-electron chi connectivity index (χ2n) is 6.31. The normalized spacial score (nSPS) is 17.4. The summed E-state index contributed by atoms with van der Waals surface area (Å²) in [5.74, 6) is 1.10. The molecule has 0 aromatic carbocycles. The number of anilines is 2. The zero-order valence-electron chi connectivity index (χ0n) is 14.3. The molecule has 1 saturated heterocycles. The number of H-pyrrole nitrogens is 1. The molecule has 1 atom stereocenters. The lowest BCUT2D eigenvalue weighted by Gasteiger charge is -2.19. The third kappa shape index (κ3) is 3.08. The molecule has 2 aromatic rings. The van der Waals surface area contributed by atoms with Gasteiger partial charge in [0.25, 0.3) is 5.56 Å². The number of hydrogen-bond donors (Lipinski definition) is 1. The van der Waals surface area contributed by atoms with Gasteiger partial charge in [-0.15, -0.1) is 0 Å². The van der Waals surface area contributed by atoms with E-state index in [2.05, 4.69) is 19.9 Å². The van der Waals surface area contributed by atoms with E-state index in [-0.39, 0.29) is 17.3 Å². The summed E-state index contributed by atoms with van der Waals surface area (Å²) in [6, 6.07) is 1.52. The SMILES string of the molecule is Cc1nc(C)c(F)c(N2CCC(c3cc(=O)[nH]c(N(C)C)n3)C2)n1. The predicted octanol–water partition coefficient (Wildman–Crippen LogP) is 1.38. The van der Waals surface area contributed by atoms with Crippen LogP contribution in [0.5, 0.6) is 0 Å². The van der Waals surface area contributed by atoms with Crippen LogP contribution in [-0.2, 0) is 0 Å². The first kappa shape index (κ1) is 16.4. The number of aryl methyl sites for hydroxylation is 2. The van der Waals surface area contributed by atoms with E-state index in [1.54, 1.807) is 18.7 Å². The van der Waals surface area contributed by atoms with Gasteiger partial charge in [-0.25, -0.2) is 19.3 Å². The van der Waals surface area contributed by atoms with E-state index in [9.17, 15) is 9.18 Å². The van der Waals surface area contributed by atoms with E-state index < -0.39 is 0 Å². The van der Waals surface area contributed by atoms with E-state index in [0.29, 0.717) is 36.4 Å². The van der Waals surface area contributed by atoms with E-state index in [1.807, 2.05) is 19.0 Å². The van der Waals surface area contributed by atoms with Gasteiger partial charge in [-0.2, -0.15) is 0 Å². The molecule has 8 heteroatoms. The second-order valence-corrected chi connectivity index (χ2v) is 6.31. The smallest absolute Gasteiger partial charge is 0.252 e. The topological polar surface area (TPSA) is 78.0 Å². The highest BCUT2D eigenvalue weighted by molar-refractivity contribution is 5.44. The molecule has 0 aliphatic carbocycles. The molecule has 0 amide bonds. The molecule has 128 valence electrons. The Morgan fingerprint density at radius 3 is 2.75 bits per heavy atom. The van der Waals surface area contributed by atoms with E-state index >= 15 is 0 Å². The average Bonchev–Trinajstić information content (AvgIpc) is 3.00. The summed E-state index contributed by atoms with van der Waals surface area (Å²) in [4.78, 5) is 31.0.